The number of hydrogen-bond acceptors (Lipinski definition) is 10. The van der Waals surface area contributed by atoms with Gasteiger partial charge in [0.05, 0.1) is 10.6 Å². The van der Waals surface area contributed by atoms with E-state index in [9.17, 15) is 25.1 Å². The molecule has 3 aromatic rings. The van der Waals surface area contributed by atoms with Crippen molar-refractivity contribution < 1.29 is 29.4 Å². The first kappa shape index (κ1) is 15.1. The van der Waals surface area contributed by atoms with Crippen LogP contribution in [0.25, 0.3) is 11.0 Å². The lowest BCUT2D eigenvalue weighted by Gasteiger charge is -2.08. The van der Waals surface area contributed by atoms with Crippen LogP contribution in [0.5, 0.6) is 11.8 Å². The van der Waals surface area contributed by atoms with Crippen LogP contribution >= 0.6 is 0 Å². The van der Waals surface area contributed by atoms with Crippen molar-refractivity contribution in [3.05, 3.63) is 34.4 Å². The van der Waals surface area contributed by atoms with Crippen molar-refractivity contribution in [1.29, 1.82) is 0 Å². The summed E-state index contributed by atoms with van der Waals surface area (Å²) in [5, 5.41) is 39.3. The van der Waals surface area contributed by atoms with Gasteiger partial charge in [0.1, 0.15) is 6.54 Å². The zero-order valence-corrected chi connectivity index (χ0v) is 11.7. The second-order valence-corrected chi connectivity index (χ2v) is 4.51. The van der Waals surface area contributed by atoms with Crippen molar-refractivity contribution in [2.75, 3.05) is 11.9 Å². The van der Waals surface area contributed by atoms with Crippen molar-refractivity contribution in [2.45, 2.75) is 0 Å². The molecular weight excluding hydrogens is 326 g/mol. The molecule has 0 saturated carbocycles. The highest BCUT2D eigenvalue weighted by atomic mass is 16.7. The Morgan fingerprint density at radius 3 is 2.58 bits per heavy atom. The van der Waals surface area contributed by atoms with Crippen LogP contribution in [-0.4, -0.2) is 42.7 Å². The number of anilines is 1. The predicted octanol–water partition coefficient (Wildman–Crippen LogP) is 0.411. The van der Waals surface area contributed by atoms with Crippen molar-refractivity contribution in [3.63, 3.8) is 0 Å². The molecule has 2 heterocycles. The smallest absolute Gasteiger partial charge is 0.352 e. The Labute approximate surface area is 131 Å². The number of hydrogen-bond donors (Lipinski definition) is 3. The number of fused-ring (bicyclic) bond motifs is 1. The van der Waals surface area contributed by atoms with Gasteiger partial charge in [0.15, 0.2) is 5.52 Å². The van der Waals surface area contributed by atoms with Gasteiger partial charge in [-0.3, -0.25) is 10.1 Å². The summed E-state index contributed by atoms with van der Waals surface area (Å²) in [6.45, 7) is -0.378. The zero-order valence-electron chi connectivity index (χ0n) is 11.7. The highest BCUT2D eigenvalue weighted by Crippen LogP contribution is 2.28. The summed E-state index contributed by atoms with van der Waals surface area (Å²) < 4.78 is 5.02. The van der Waals surface area contributed by atoms with E-state index in [1.807, 2.05) is 0 Å². The number of carbonyl (C=O) groups excluding carboxylic acids is 1. The van der Waals surface area contributed by atoms with Crippen LogP contribution in [-0.2, 0) is 4.79 Å². The molecule has 0 aliphatic rings. The summed E-state index contributed by atoms with van der Waals surface area (Å²) in [6.07, 6.45) is 0. The summed E-state index contributed by atoms with van der Waals surface area (Å²) in [5.74, 6) is -1.77. The molecule has 124 valence electrons. The minimum absolute atomic E-state index is 0.0703. The minimum Gasteiger partial charge on any atom is -0.492 e. The number of nitrogens with one attached hydrogen (secondary N) is 1. The molecular formula is C12H9N5O7. The van der Waals surface area contributed by atoms with E-state index in [0.717, 1.165) is 12.1 Å². The van der Waals surface area contributed by atoms with Crippen LogP contribution in [0.1, 0.15) is 0 Å². The van der Waals surface area contributed by atoms with Gasteiger partial charge in [-0.2, -0.15) is 0 Å². The predicted molar refractivity (Wildman–Crippen MR) is 76.3 cm³/mol. The molecule has 0 amide bonds. The fourth-order valence-corrected chi connectivity index (χ4v) is 1.94. The summed E-state index contributed by atoms with van der Waals surface area (Å²) in [6, 6.07) is 4.79. The molecule has 0 spiro atoms. The molecule has 0 radical (unpaired) electrons. The Kier molecular flexibility index (Phi) is 3.61. The van der Waals surface area contributed by atoms with E-state index in [1.54, 1.807) is 0 Å². The van der Waals surface area contributed by atoms with Crippen LogP contribution in [0.15, 0.2) is 28.9 Å². The maximum Gasteiger partial charge on any atom is 0.352 e. The summed E-state index contributed by atoms with van der Waals surface area (Å²) in [5.41, 5.74) is -0.0287. The van der Waals surface area contributed by atoms with Crippen LogP contribution < -0.4 is 10.2 Å². The summed E-state index contributed by atoms with van der Waals surface area (Å²) in [7, 11) is 0. The molecule has 24 heavy (non-hydrogen) atoms. The Balaban J connectivity index is 1.74. The Morgan fingerprint density at radius 1 is 1.25 bits per heavy atom. The number of rotatable bonds is 5. The quantitative estimate of drug-likeness (QED) is 0.439. The monoisotopic (exact) mass is 335 g/mol. The molecule has 2 aromatic heterocycles. The molecule has 3 rings (SSSR count). The molecule has 0 aliphatic heterocycles. The molecule has 12 heteroatoms. The fourth-order valence-electron chi connectivity index (χ4n) is 1.94. The van der Waals surface area contributed by atoms with E-state index >= 15 is 0 Å². The average Bonchev–Trinajstić information content (AvgIpc) is 3.14. The van der Waals surface area contributed by atoms with Gasteiger partial charge in [0.25, 0.3) is 0 Å². The SMILES string of the molecule is O=C(CNc1ccc([N+](=O)[O-])c2nonc12)On1c(O)ccc1O. The van der Waals surface area contributed by atoms with Crippen molar-refractivity contribution in [1.82, 2.24) is 15.0 Å². The molecule has 1 aromatic carbocycles. The van der Waals surface area contributed by atoms with Crippen LogP contribution in [0, 0.1) is 10.1 Å². The van der Waals surface area contributed by atoms with E-state index in [4.69, 9.17) is 4.84 Å². The number of nitro groups is 1. The number of nitrogens with zero attached hydrogens (tertiary/aromatic N) is 4. The third-order valence-corrected chi connectivity index (χ3v) is 3.00. The van der Waals surface area contributed by atoms with E-state index < -0.39 is 22.7 Å². The summed E-state index contributed by atoms with van der Waals surface area (Å²) in [4.78, 5) is 26.7. The lowest BCUT2D eigenvalue weighted by molar-refractivity contribution is -0.383. The van der Waals surface area contributed by atoms with Crippen molar-refractivity contribution in [2.24, 2.45) is 0 Å². The van der Waals surface area contributed by atoms with E-state index in [1.165, 1.54) is 12.1 Å². The average molecular weight is 335 g/mol. The Bertz CT molecular complexity index is 912. The van der Waals surface area contributed by atoms with Gasteiger partial charge in [-0.1, -0.05) is 0 Å². The lowest BCUT2D eigenvalue weighted by Crippen LogP contribution is -2.26. The third-order valence-electron chi connectivity index (χ3n) is 3.00. The van der Waals surface area contributed by atoms with E-state index in [0.29, 0.717) is 4.73 Å². The van der Waals surface area contributed by atoms with Gasteiger partial charge in [-0.25, -0.2) is 9.42 Å². The topological polar surface area (TPSA) is 166 Å². The minimum atomic E-state index is -0.847. The zero-order chi connectivity index (χ0) is 17.3. The largest absolute Gasteiger partial charge is 0.492 e. The van der Waals surface area contributed by atoms with E-state index in [-0.39, 0.29) is 29.0 Å². The number of aromatic nitrogens is 3. The normalized spacial score (nSPS) is 10.7. The van der Waals surface area contributed by atoms with Crippen LogP contribution in [0.4, 0.5) is 11.4 Å². The maximum atomic E-state index is 11.7. The van der Waals surface area contributed by atoms with Gasteiger partial charge >= 0.3 is 11.7 Å². The van der Waals surface area contributed by atoms with Gasteiger partial charge in [-0.15, -0.1) is 4.73 Å². The highest BCUT2D eigenvalue weighted by Gasteiger charge is 2.20. The molecule has 0 bridgehead atoms. The lowest BCUT2D eigenvalue weighted by atomic mass is 10.2. The number of carbonyl (C=O) groups is 1. The second-order valence-electron chi connectivity index (χ2n) is 4.51. The molecule has 0 saturated heterocycles. The third kappa shape index (κ3) is 2.63. The number of non-ortho nitro benzene ring substituents is 1. The molecule has 12 nitrogen and oxygen atoms in total. The standard InChI is InChI=1S/C12H9N5O7/c18-8-3-4-9(19)16(8)23-10(20)5-13-6-1-2-7(17(21)22)12-11(6)14-24-15-12/h1-4,13,18-19H,5H2. The molecule has 0 atom stereocenters. The van der Waals surface area contributed by atoms with Gasteiger partial charge in [0, 0.05) is 18.2 Å². The van der Waals surface area contributed by atoms with Gasteiger partial charge in [0.2, 0.25) is 17.3 Å². The number of nitro benzene ring substituents is 1. The number of benzene rings is 1. The fraction of sp³-hybridized carbons (Fsp3) is 0.0833. The first-order valence-electron chi connectivity index (χ1n) is 6.41. The van der Waals surface area contributed by atoms with Gasteiger partial charge < -0.3 is 20.4 Å². The summed E-state index contributed by atoms with van der Waals surface area (Å²) >= 11 is 0. The second kappa shape index (κ2) is 5.75. The van der Waals surface area contributed by atoms with Crippen molar-refractivity contribution in [3.8, 4) is 11.8 Å². The molecule has 0 fully saturated rings. The maximum absolute atomic E-state index is 11.7. The molecule has 0 aliphatic carbocycles. The van der Waals surface area contributed by atoms with Crippen LogP contribution in [0.2, 0.25) is 0 Å². The highest BCUT2D eigenvalue weighted by molar-refractivity contribution is 5.94. The van der Waals surface area contributed by atoms with Crippen molar-refractivity contribution >= 4 is 28.4 Å². The Morgan fingerprint density at radius 2 is 1.92 bits per heavy atom. The number of aromatic hydroxyl groups is 2. The first-order chi connectivity index (χ1) is 11.5. The van der Waals surface area contributed by atoms with Gasteiger partial charge in [-0.05, 0) is 16.4 Å². The molecule has 0 unspecified atom stereocenters. The molecule has 3 N–H and O–H groups in total. The van der Waals surface area contributed by atoms with Crippen LogP contribution in [0.3, 0.4) is 0 Å². The van der Waals surface area contributed by atoms with E-state index in [2.05, 4.69) is 20.3 Å². The Hall–Kier alpha value is -3.83. The first-order valence-corrected chi connectivity index (χ1v) is 6.41.